The Balaban J connectivity index is 0.00000225. The van der Waals surface area contributed by atoms with Gasteiger partial charge in [-0.1, -0.05) is 35.9 Å². The van der Waals surface area contributed by atoms with E-state index in [4.69, 9.17) is 21.3 Å². The summed E-state index contributed by atoms with van der Waals surface area (Å²) in [5.41, 5.74) is 8.08. The monoisotopic (exact) mass is 414 g/mol. The van der Waals surface area contributed by atoms with Crippen LogP contribution in [0.5, 0.6) is 0 Å². The number of aryl methyl sites for hydroxylation is 1. The molecule has 1 aliphatic rings. The average molecular weight is 415 g/mol. The van der Waals surface area contributed by atoms with Gasteiger partial charge < -0.3 is 10.1 Å². The lowest BCUT2D eigenvalue weighted by atomic mass is 10.1. The molecule has 28 heavy (non-hydrogen) atoms. The molecule has 0 aliphatic heterocycles. The van der Waals surface area contributed by atoms with Crippen LogP contribution in [0.25, 0.3) is 11.3 Å². The number of ether oxygens (including phenoxy) is 1. The van der Waals surface area contributed by atoms with E-state index in [0.29, 0.717) is 0 Å². The average Bonchev–Trinajstić information content (AvgIpc) is 3.16. The number of rotatable bonds is 6. The Morgan fingerprint density at radius 2 is 1.89 bits per heavy atom. The van der Waals surface area contributed by atoms with Crippen LogP contribution in [-0.2, 0) is 24.0 Å². The summed E-state index contributed by atoms with van der Waals surface area (Å²) in [5.74, 6) is 0. The first-order valence-electron chi connectivity index (χ1n) is 9.36. The molecule has 0 saturated heterocycles. The molecule has 146 valence electrons. The van der Waals surface area contributed by atoms with E-state index >= 15 is 0 Å². The maximum absolute atomic E-state index is 6.18. The first kappa shape index (κ1) is 20.7. The molecule has 0 radical (unpaired) electrons. The van der Waals surface area contributed by atoms with Gasteiger partial charge in [-0.15, -0.1) is 12.4 Å². The van der Waals surface area contributed by atoms with Crippen LogP contribution in [0.1, 0.15) is 23.2 Å². The molecule has 5 heteroatoms. The molecule has 3 nitrogen and oxygen atoms in total. The summed E-state index contributed by atoms with van der Waals surface area (Å²) in [6.07, 6.45) is 4.20. The zero-order chi connectivity index (χ0) is 18.6. The second-order valence-electron chi connectivity index (χ2n) is 6.91. The molecule has 0 saturated carbocycles. The fourth-order valence-corrected chi connectivity index (χ4v) is 3.77. The van der Waals surface area contributed by atoms with Crippen molar-refractivity contribution in [3.05, 3.63) is 76.4 Å². The van der Waals surface area contributed by atoms with E-state index < -0.39 is 0 Å². The second kappa shape index (κ2) is 9.42. The van der Waals surface area contributed by atoms with Crippen LogP contribution >= 0.6 is 24.0 Å². The summed E-state index contributed by atoms with van der Waals surface area (Å²) in [7, 11) is 1.73. The van der Waals surface area contributed by atoms with Gasteiger partial charge in [-0.3, -0.25) is 4.98 Å². The van der Waals surface area contributed by atoms with Crippen LogP contribution in [0.15, 0.2) is 54.6 Å². The van der Waals surface area contributed by atoms with Crippen molar-refractivity contribution in [2.45, 2.75) is 25.7 Å². The minimum absolute atomic E-state index is 0. The number of anilines is 2. The molecule has 2 aromatic carbocycles. The Morgan fingerprint density at radius 3 is 2.64 bits per heavy atom. The van der Waals surface area contributed by atoms with Gasteiger partial charge in [0, 0.05) is 34.8 Å². The number of hydrogen-bond acceptors (Lipinski definition) is 3. The zero-order valence-corrected chi connectivity index (χ0v) is 17.4. The summed E-state index contributed by atoms with van der Waals surface area (Å²) in [4.78, 5) is 4.90. The highest BCUT2D eigenvalue weighted by Gasteiger charge is 2.18. The van der Waals surface area contributed by atoms with Crippen molar-refractivity contribution in [1.82, 2.24) is 4.98 Å². The molecule has 0 atom stereocenters. The maximum atomic E-state index is 6.18. The summed E-state index contributed by atoms with van der Waals surface area (Å²) < 4.78 is 5.15. The van der Waals surface area contributed by atoms with E-state index in [2.05, 4.69) is 41.7 Å². The molecule has 1 aromatic heterocycles. The quantitative estimate of drug-likeness (QED) is 0.517. The molecule has 0 unspecified atom stereocenters. The first-order chi connectivity index (χ1) is 13.2. The minimum atomic E-state index is 0. The minimum Gasteiger partial charge on any atom is -0.384 e. The molecule has 0 fully saturated rings. The Kier molecular flexibility index (Phi) is 6.95. The lowest BCUT2D eigenvalue weighted by molar-refractivity contribution is 0.202. The van der Waals surface area contributed by atoms with Crippen molar-refractivity contribution in [2.24, 2.45) is 0 Å². The molecular formula is C23H24Cl2N2O. The molecule has 1 heterocycles. The van der Waals surface area contributed by atoms with Crippen molar-refractivity contribution >= 4 is 35.4 Å². The normalized spacial score (nSPS) is 12.4. The number of benzene rings is 2. The predicted molar refractivity (Wildman–Crippen MR) is 119 cm³/mol. The van der Waals surface area contributed by atoms with E-state index in [-0.39, 0.29) is 12.4 Å². The summed E-state index contributed by atoms with van der Waals surface area (Å²) in [6.45, 7) is 0.744. The highest BCUT2D eigenvalue weighted by atomic mass is 35.5. The van der Waals surface area contributed by atoms with Gasteiger partial charge in [-0.2, -0.15) is 0 Å². The van der Waals surface area contributed by atoms with Crippen LogP contribution in [0.2, 0.25) is 5.02 Å². The SMILES string of the molecule is COCCc1ccc(Nc2cc(-c3cccc(Cl)c3)nc3c2CCC3)cc1.Cl. The number of halogens is 2. The van der Waals surface area contributed by atoms with Crippen molar-refractivity contribution in [2.75, 3.05) is 19.0 Å². The lowest BCUT2D eigenvalue weighted by Crippen LogP contribution is -2.00. The highest BCUT2D eigenvalue weighted by Crippen LogP contribution is 2.34. The van der Waals surface area contributed by atoms with Gasteiger partial charge in [0.1, 0.15) is 0 Å². The van der Waals surface area contributed by atoms with E-state index in [0.717, 1.165) is 59.9 Å². The van der Waals surface area contributed by atoms with Gasteiger partial charge in [0.15, 0.2) is 0 Å². The van der Waals surface area contributed by atoms with E-state index in [1.165, 1.54) is 16.8 Å². The molecule has 4 rings (SSSR count). The largest absolute Gasteiger partial charge is 0.384 e. The standard InChI is InChI=1S/C23H23ClN2O.ClH/c1-27-13-12-16-8-10-19(11-9-16)25-23-15-22(17-4-2-5-18(24)14-17)26-21-7-3-6-20(21)23;/h2,4-5,8-11,14-15H,3,6-7,12-13H2,1H3,(H,25,26);1H. The van der Waals surface area contributed by atoms with Crippen LogP contribution in [0.4, 0.5) is 11.4 Å². The van der Waals surface area contributed by atoms with Gasteiger partial charge in [0.05, 0.1) is 12.3 Å². The van der Waals surface area contributed by atoms with Crippen LogP contribution < -0.4 is 5.32 Å². The van der Waals surface area contributed by atoms with E-state index in [1.54, 1.807) is 7.11 Å². The smallest absolute Gasteiger partial charge is 0.0726 e. The van der Waals surface area contributed by atoms with Crippen molar-refractivity contribution < 1.29 is 4.74 Å². The molecular weight excluding hydrogens is 391 g/mol. The number of nitrogens with zero attached hydrogens (tertiary/aromatic N) is 1. The highest BCUT2D eigenvalue weighted by molar-refractivity contribution is 6.30. The fraction of sp³-hybridized carbons (Fsp3) is 0.261. The third kappa shape index (κ3) is 4.67. The molecule has 0 spiro atoms. The Labute approximate surface area is 177 Å². The summed E-state index contributed by atoms with van der Waals surface area (Å²) in [5, 5.41) is 4.34. The van der Waals surface area contributed by atoms with E-state index in [1.807, 2.05) is 18.2 Å². The number of aromatic nitrogens is 1. The third-order valence-electron chi connectivity index (χ3n) is 5.00. The molecule has 1 aliphatic carbocycles. The van der Waals surface area contributed by atoms with Gasteiger partial charge >= 0.3 is 0 Å². The Morgan fingerprint density at radius 1 is 1.07 bits per heavy atom. The summed E-state index contributed by atoms with van der Waals surface area (Å²) in [6, 6.07) is 18.6. The van der Waals surface area contributed by atoms with Gasteiger partial charge in [-0.05, 0) is 67.1 Å². The molecule has 3 aromatic rings. The van der Waals surface area contributed by atoms with E-state index in [9.17, 15) is 0 Å². The number of hydrogen-bond donors (Lipinski definition) is 1. The number of nitrogens with one attached hydrogen (secondary N) is 1. The Bertz CT molecular complexity index is 942. The van der Waals surface area contributed by atoms with Crippen LogP contribution in [-0.4, -0.2) is 18.7 Å². The number of pyridine rings is 1. The topological polar surface area (TPSA) is 34.1 Å². The van der Waals surface area contributed by atoms with Crippen molar-refractivity contribution in [3.8, 4) is 11.3 Å². The molecule has 0 bridgehead atoms. The van der Waals surface area contributed by atoms with Gasteiger partial charge in [-0.25, -0.2) is 0 Å². The molecule has 0 amide bonds. The van der Waals surface area contributed by atoms with Crippen LogP contribution in [0.3, 0.4) is 0 Å². The lowest BCUT2D eigenvalue weighted by Gasteiger charge is -2.14. The Hall–Kier alpha value is -2.07. The third-order valence-corrected chi connectivity index (χ3v) is 5.23. The number of fused-ring (bicyclic) bond motifs is 1. The summed E-state index contributed by atoms with van der Waals surface area (Å²) >= 11 is 6.18. The number of methoxy groups -OCH3 is 1. The maximum Gasteiger partial charge on any atom is 0.0726 e. The first-order valence-corrected chi connectivity index (χ1v) is 9.74. The zero-order valence-electron chi connectivity index (χ0n) is 15.9. The van der Waals surface area contributed by atoms with Gasteiger partial charge in [0.25, 0.3) is 0 Å². The van der Waals surface area contributed by atoms with Crippen molar-refractivity contribution in [1.29, 1.82) is 0 Å². The molecule has 1 N–H and O–H groups in total. The fourth-order valence-electron chi connectivity index (χ4n) is 3.58. The van der Waals surface area contributed by atoms with Crippen molar-refractivity contribution in [3.63, 3.8) is 0 Å². The van der Waals surface area contributed by atoms with Crippen LogP contribution in [0, 0.1) is 0 Å². The second-order valence-corrected chi connectivity index (χ2v) is 7.35. The van der Waals surface area contributed by atoms with Gasteiger partial charge in [0.2, 0.25) is 0 Å². The predicted octanol–water partition coefficient (Wildman–Crippen LogP) is 6.25.